The predicted octanol–water partition coefficient (Wildman–Crippen LogP) is 3.64. The van der Waals surface area contributed by atoms with Crippen molar-refractivity contribution in [1.82, 2.24) is 9.97 Å². The molecular weight excluding hydrogens is 318 g/mol. The summed E-state index contributed by atoms with van der Waals surface area (Å²) < 4.78 is 0.781. The normalized spacial score (nSPS) is 24.2. The number of halogens is 1. The van der Waals surface area contributed by atoms with Gasteiger partial charge in [-0.15, -0.1) is 0 Å². The maximum Gasteiger partial charge on any atom is 0.137 e. The van der Waals surface area contributed by atoms with Gasteiger partial charge in [0.2, 0.25) is 0 Å². The van der Waals surface area contributed by atoms with Gasteiger partial charge >= 0.3 is 0 Å². The van der Waals surface area contributed by atoms with Crippen molar-refractivity contribution in [1.29, 1.82) is 0 Å². The molecule has 0 radical (unpaired) electrons. The average molecular weight is 342 g/mol. The minimum Gasteiger partial charge on any atom is -0.391 e. The predicted molar refractivity (Wildman–Crippen MR) is 84.9 cm³/mol. The molecule has 1 aliphatic carbocycles. The minimum atomic E-state index is -0.288. The van der Waals surface area contributed by atoms with Crippen LogP contribution in [0.1, 0.15) is 58.7 Å². The van der Waals surface area contributed by atoms with E-state index in [2.05, 4.69) is 52.0 Å². The zero-order valence-electron chi connectivity index (χ0n) is 12.5. The molecule has 0 amide bonds. The Morgan fingerprint density at radius 2 is 1.90 bits per heavy atom. The van der Waals surface area contributed by atoms with Crippen LogP contribution in [0.4, 0.5) is 5.82 Å². The lowest BCUT2D eigenvalue weighted by Gasteiger charge is -2.24. The molecule has 20 heavy (non-hydrogen) atoms. The summed E-state index contributed by atoms with van der Waals surface area (Å²) in [5, 5.41) is 13.6. The van der Waals surface area contributed by atoms with Crippen molar-refractivity contribution in [3.8, 4) is 0 Å². The number of nitrogens with one attached hydrogen (secondary N) is 1. The number of rotatable bonds is 2. The van der Waals surface area contributed by atoms with Crippen LogP contribution in [0.3, 0.4) is 0 Å². The second-order valence-electron chi connectivity index (χ2n) is 6.61. The molecule has 112 valence electrons. The van der Waals surface area contributed by atoms with Crippen molar-refractivity contribution >= 4 is 21.7 Å². The molecule has 1 aromatic heterocycles. The van der Waals surface area contributed by atoms with Gasteiger partial charge in [0.25, 0.3) is 0 Å². The Morgan fingerprint density at radius 3 is 2.60 bits per heavy atom. The van der Waals surface area contributed by atoms with Crippen molar-refractivity contribution in [2.45, 2.75) is 70.4 Å². The summed E-state index contributed by atoms with van der Waals surface area (Å²) in [4.78, 5) is 9.04. The van der Waals surface area contributed by atoms with E-state index in [1.165, 1.54) is 6.42 Å². The van der Waals surface area contributed by atoms with E-state index in [0.29, 0.717) is 0 Å². The summed E-state index contributed by atoms with van der Waals surface area (Å²) >= 11 is 3.45. The van der Waals surface area contributed by atoms with E-state index < -0.39 is 0 Å². The van der Waals surface area contributed by atoms with E-state index >= 15 is 0 Å². The third kappa shape index (κ3) is 4.16. The monoisotopic (exact) mass is 341 g/mol. The first-order valence-electron chi connectivity index (χ1n) is 7.36. The van der Waals surface area contributed by atoms with Gasteiger partial charge in [0.15, 0.2) is 0 Å². The molecule has 0 saturated heterocycles. The second kappa shape index (κ2) is 6.39. The minimum absolute atomic E-state index is 0.0899. The quantitative estimate of drug-likeness (QED) is 0.636. The third-order valence-electron chi connectivity index (χ3n) is 3.68. The highest BCUT2D eigenvalue weighted by Crippen LogP contribution is 2.25. The lowest BCUT2D eigenvalue weighted by Crippen LogP contribution is -2.33. The van der Waals surface area contributed by atoms with Crippen LogP contribution >= 0.6 is 15.9 Å². The molecule has 4 nitrogen and oxygen atoms in total. The lowest BCUT2D eigenvalue weighted by atomic mass is 9.96. The number of aliphatic hydroxyl groups excluding tert-OH is 1. The molecule has 2 N–H and O–H groups in total. The van der Waals surface area contributed by atoms with Crippen LogP contribution in [-0.4, -0.2) is 27.2 Å². The van der Waals surface area contributed by atoms with E-state index in [1.54, 1.807) is 0 Å². The number of aromatic nitrogens is 2. The van der Waals surface area contributed by atoms with Gasteiger partial charge in [-0.1, -0.05) is 40.0 Å². The molecule has 1 aromatic rings. The van der Waals surface area contributed by atoms with Gasteiger partial charge in [-0.3, -0.25) is 0 Å². The van der Waals surface area contributed by atoms with Crippen molar-refractivity contribution in [2.75, 3.05) is 5.32 Å². The first-order chi connectivity index (χ1) is 9.36. The SMILES string of the molecule is CC(C)(C)c1nc(Br)cc(NC2CCCCCC2O)n1. The standard InChI is InChI=1S/C15H24BrN3O/c1-15(2,3)14-18-12(16)9-13(19-14)17-10-7-5-4-6-8-11(10)20/h9-11,20H,4-8H2,1-3H3,(H,17,18,19). The van der Waals surface area contributed by atoms with Gasteiger partial charge in [-0.2, -0.15) is 0 Å². The Hall–Kier alpha value is -0.680. The van der Waals surface area contributed by atoms with Gasteiger partial charge in [-0.05, 0) is 28.8 Å². The third-order valence-corrected chi connectivity index (χ3v) is 4.08. The largest absolute Gasteiger partial charge is 0.391 e. The van der Waals surface area contributed by atoms with Crippen LogP contribution in [0.5, 0.6) is 0 Å². The van der Waals surface area contributed by atoms with Crippen LogP contribution in [0.2, 0.25) is 0 Å². The van der Waals surface area contributed by atoms with Gasteiger partial charge in [0.1, 0.15) is 16.2 Å². The number of anilines is 1. The molecule has 1 saturated carbocycles. The highest BCUT2D eigenvalue weighted by Gasteiger charge is 2.23. The molecule has 2 atom stereocenters. The molecule has 0 aromatic carbocycles. The Bertz CT molecular complexity index is 459. The fourth-order valence-corrected chi connectivity index (χ4v) is 2.86. The molecule has 0 aliphatic heterocycles. The smallest absolute Gasteiger partial charge is 0.137 e. The molecular formula is C15H24BrN3O. The highest BCUT2D eigenvalue weighted by molar-refractivity contribution is 9.10. The zero-order valence-corrected chi connectivity index (χ0v) is 14.1. The topological polar surface area (TPSA) is 58.0 Å². The van der Waals surface area contributed by atoms with Gasteiger partial charge in [0.05, 0.1) is 12.1 Å². The van der Waals surface area contributed by atoms with Crippen LogP contribution in [0.15, 0.2) is 10.7 Å². The molecule has 2 rings (SSSR count). The molecule has 1 fully saturated rings. The van der Waals surface area contributed by atoms with E-state index in [4.69, 9.17) is 0 Å². The molecule has 1 aliphatic rings. The van der Waals surface area contributed by atoms with Crippen LogP contribution in [0, 0.1) is 0 Å². The molecule has 2 unspecified atom stereocenters. The average Bonchev–Trinajstić information content (AvgIpc) is 2.53. The Labute approximate surface area is 129 Å². The van der Waals surface area contributed by atoms with Crippen molar-refractivity contribution in [3.63, 3.8) is 0 Å². The summed E-state index contributed by atoms with van der Waals surface area (Å²) in [6.07, 6.45) is 5.05. The molecule has 0 spiro atoms. The molecule has 1 heterocycles. The van der Waals surface area contributed by atoms with Crippen LogP contribution < -0.4 is 5.32 Å². The summed E-state index contributed by atoms with van der Waals surface area (Å²) in [7, 11) is 0. The lowest BCUT2D eigenvalue weighted by molar-refractivity contribution is 0.144. The summed E-state index contributed by atoms with van der Waals surface area (Å²) in [5.41, 5.74) is -0.0950. The molecule has 0 bridgehead atoms. The fourth-order valence-electron chi connectivity index (χ4n) is 2.47. The zero-order chi connectivity index (χ0) is 14.8. The van der Waals surface area contributed by atoms with Crippen molar-refractivity contribution in [2.24, 2.45) is 0 Å². The Morgan fingerprint density at radius 1 is 1.20 bits per heavy atom. The second-order valence-corrected chi connectivity index (χ2v) is 7.42. The Kier molecular flexibility index (Phi) is 5.02. The fraction of sp³-hybridized carbons (Fsp3) is 0.733. The van der Waals surface area contributed by atoms with E-state index in [0.717, 1.165) is 41.9 Å². The molecule has 5 heteroatoms. The number of nitrogens with zero attached hydrogens (tertiary/aromatic N) is 2. The van der Waals surface area contributed by atoms with Crippen molar-refractivity contribution < 1.29 is 5.11 Å². The van der Waals surface area contributed by atoms with Gasteiger partial charge in [-0.25, -0.2) is 9.97 Å². The van der Waals surface area contributed by atoms with Crippen molar-refractivity contribution in [3.05, 3.63) is 16.5 Å². The van der Waals surface area contributed by atoms with Gasteiger partial charge < -0.3 is 10.4 Å². The van der Waals surface area contributed by atoms with E-state index in [-0.39, 0.29) is 17.6 Å². The van der Waals surface area contributed by atoms with Gasteiger partial charge in [0, 0.05) is 11.5 Å². The Balaban J connectivity index is 2.18. The summed E-state index contributed by atoms with van der Waals surface area (Å²) in [5.74, 6) is 1.60. The maximum atomic E-state index is 10.2. The first kappa shape index (κ1) is 15.7. The van der Waals surface area contributed by atoms with Crippen LogP contribution in [0.25, 0.3) is 0 Å². The van der Waals surface area contributed by atoms with E-state index in [9.17, 15) is 5.11 Å². The van der Waals surface area contributed by atoms with Crippen LogP contribution in [-0.2, 0) is 5.41 Å². The highest BCUT2D eigenvalue weighted by atomic mass is 79.9. The summed E-state index contributed by atoms with van der Waals surface area (Å²) in [6, 6.07) is 1.97. The summed E-state index contributed by atoms with van der Waals surface area (Å²) in [6.45, 7) is 6.29. The number of hydrogen-bond acceptors (Lipinski definition) is 4. The number of hydrogen-bond donors (Lipinski definition) is 2. The maximum absolute atomic E-state index is 10.2. The number of aliphatic hydroxyl groups is 1. The van der Waals surface area contributed by atoms with E-state index in [1.807, 2.05) is 6.07 Å². The first-order valence-corrected chi connectivity index (χ1v) is 8.15.